The van der Waals surface area contributed by atoms with Gasteiger partial charge in [-0.05, 0) is 30.5 Å². The lowest BCUT2D eigenvalue weighted by Crippen LogP contribution is -2.12. The summed E-state index contributed by atoms with van der Waals surface area (Å²) in [6.07, 6.45) is 1.93. The Morgan fingerprint density at radius 3 is 2.63 bits per heavy atom. The minimum atomic E-state index is -0.351. The van der Waals surface area contributed by atoms with Crippen molar-refractivity contribution in [1.29, 1.82) is 0 Å². The van der Waals surface area contributed by atoms with Gasteiger partial charge in [-0.15, -0.1) is 11.8 Å². The Morgan fingerprint density at radius 2 is 2.00 bits per heavy atom. The largest absolute Gasteiger partial charge is 0.456 e. The van der Waals surface area contributed by atoms with Crippen LogP contribution < -0.4 is 10.5 Å². The first-order valence-corrected chi connectivity index (χ1v) is 7.15. The second-order valence-corrected chi connectivity index (χ2v) is 5.04. The third-order valence-corrected chi connectivity index (χ3v) is 3.46. The summed E-state index contributed by atoms with van der Waals surface area (Å²) in [7, 11) is 0. The van der Waals surface area contributed by atoms with Gasteiger partial charge in [-0.3, -0.25) is 0 Å². The monoisotopic (exact) mass is 293 g/mol. The molecule has 0 unspecified atom stereocenters. The van der Waals surface area contributed by atoms with E-state index in [1.165, 1.54) is 23.9 Å². The molecule has 98 valence electrons. The van der Waals surface area contributed by atoms with E-state index in [4.69, 9.17) is 22.7 Å². The van der Waals surface area contributed by atoms with Crippen molar-refractivity contribution in [2.45, 2.75) is 4.90 Å². The van der Waals surface area contributed by atoms with Crippen molar-refractivity contribution in [2.24, 2.45) is 5.73 Å². The predicted octanol–water partition coefficient (Wildman–Crippen LogP) is 3.97. The highest BCUT2D eigenvalue weighted by Crippen LogP contribution is 2.32. The summed E-state index contributed by atoms with van der Waals surface area (Å²) in [5.74, 6) is 0.594. The molecular weight excluding hydrogens is 281 g/mol. The topological polar surface area (TPSA) is 35.2 Å². The van der Waals surface area contributed by atoms with E-state index in [1.54, 1.807) is 18.2 Å². The van der Waals surface area contributed by atoms with Gasteiger partial charge in [-0.1, -0.05) is 24.4 Å². The van der Waals surface area contributed by atoms with Crippen LogP contribution in [0.15, 0.2) is 47.4 Å². The van der Waals surface area contributed by atoms with Crippen LogP contribution in [0.2, 0.25) is 0 Å². The third-order valence-electron chi connectivity index (χ3n) is 2.48. The average molecular weight is 293 g/mol. The number of hydrogen-bond acceptors (Lipinski definition) is 3. The second-order valence-electron chi connectivity index (χ2n) is 3.76. The lowest BCUT2D eigenvalue weighted by atomic mass is 10.2. The van der Waals surface area contributed by atoms with Crippen LogP contribution in [0.1, 0.15) is 5.56 Å². The summed E-state index contributed by atoms with van der Waals surface area (Å²) >= 11 is 6.59. The number of hydrogen-bond donors (Lipinski definition) is 1. The van der Waals surface area contributed by atoms with Gasteiger partial charge < -0.3 is 10.5 Å². The van der Waals surface area contributed by atoms with Crippen LogP contribution in [-0.4, -0.2) is 11.2 Å². The summed E-state index contributed by atoms with van der Waals surface area (Å²) in [5.41, 5.74) is 6.41. The van der Waals surface area contributed by atoms with Crippen molar-refractivity contribution >= 4 is 29.0 Å². The minimum absolute atomic E-state index is 0.261. The summed E-state index contributed by atoms with van der Waals surface area (Å²) in [6, 6.07) is 11.5. The second kappa shape index (κ2) is 6.04. The summed E-state index contributed by atoms with van der Waals surface area (Å²) in [6.45, 7) is 0. The molecule has 0 amide bonds. The van der Waals surface area contributed by atoms with E-state index in [0.29, 0.717) is 17.1 Å². The standard InChI is InChI=1S/C14H12FNOS2/c1-19-12-7-3-6-11(13(12)14(16)18)17-10-5-2-4-9(15)8-10/h2-8H,1H3,(H2,16,18). The van der Waals surface area contributed by atoms with Gasteiger partial charge in [0.05, 0.1) is 5.56 Å². The first-order chi connectivity index (χ1) is 9.11. The zero-order valence-corrected chi connectivity index (χ0v) is 11.9. The fraction of sp³-hybridized carbons (Fsp3) is 0.0714. The van der Waals surface area contributed by atoms with Gasteiger partial charge in [0, 0.05) is 11.0 Å². The Kier molecular flexibility index (Phi) is 4.39. The number of rotatable bonds is 4. The summed E-state index contributed by atoms with van der Waals surface area (Å²) in [5, 5.41) is 0. The lowest BCUT2D eigenvalue weighted by Gasteiger charge is -2.13. The number of ether oxygens (including phenoxy) is 1. The number of thiocarbonyl (C=S) groups is 1. The maximum absolute atomic E-state index is 13.1. The molecule has 2 rings (SSSR count). The molecule has 0 saturated heterocycles. The van der Waals surface area contributed by atoms with Crippen molar-refractivity contribution in [1.82, 2.24) is 0 Å². The van der Waals surface area contributed by atoms with E-state index in [-0.39, 0.29) is 10.8 Å². The quantitative estimate of drug-likeness (QED) is 0.683. The lowest BCUT2D eigenvalue weighted by molar-refractivity contribution is 0.474. The predicted molar refractivity (Wildman–Crippen MR) is 80.6 cm³/mol. The molecule has 0 heterocycles. The number of benzene rings is 2. The summed E-state index contributed by atoms with van der Waals surface area (Å²) in [4.78, 5) is 1.19. The zero-order chi connectivity index (χ0) is 13.8. The molecule has 0 radical (unpaired) electrons. The van der Waals surface area contributed by atoms with Crippen LogP contribution >= 0.6 is 24.0 Å². The van der Waals surface area contributed by atoms with Gasteiger partial charge in [0.1, 0.15) is 22.3 Å². The van der Waals surface area contributed by atoms with Crippen LogP contribution in [0.3, 0.4) is 0 Å². The average Bonchev–Trinajstić information content (AvgIpc) is 2.38. The fourth-order valence-corrected chi connectivity index (χ4v) is 2.57. The highest BCUT2D eigenvalue weighted by molar-refractivity contribution is 7.98. The Balaban J connectivity index is 2.42. The molecule has 0 aromatic heterocycles. The highest BCUT2D eigenvalue weighted by atomic mass is 32.2. The third kappa shape index (κ3) is 3.24. The highest BCUT2D eigenvalue weighted by Gasteiger charge is 2.12. The molecule has 0 atom stereocenters. The molecule has 2 N–H and O–H groups in total. The molecule has 0 aliphatic carbocycles. The molecule has 2 nitrogen and oxygen atoms in total. The molecule has 0 fully saturated rings. The zero-order valence-electron chi connectivity index (χ0n) is 10.2. The molecule has 19 heavy (non-hydrogen) atoms. The first-order valence-electron chi connectivity index (χ1n) is 5.52. The van der Waals surface area contributed by atoms with E-state index in [9.17, 15) is 4.39 Å². The molecule has 0 aliphatic heterocycles. The Morgan fingerprint density at radius 1 is 1.26 bits per heavy atom. The van der Waals surface area contributed by atoms with Crippen molar-refractivity contribution in [3.63, 3.8) is 0 Å². The van der Waals surface area contributed by atoms with Gasteiger partial charge in [-0.2, -0.15) is 0 Å². The SMILES string of the molecule is CSc1cccc(Oc2cccc(F)c2)c1C(N)=S. The van der Waals surface area contributed by atoms with Gasteiger partial charge in [0.15, 0.2) is 0 Å². The molecule has 0 bridgehead atoms. The van der Waals surface area contributed by atoms with E-state index < -0.39 is 0 Å². The molecule has 0 aliphatic rings. The molecule has 0 spiro atoms. The molecule has 0 saturated carbocycles. The summed E-state index contributed by atoms with van der Waals surface area (Å²) < 4.78 is 18.8. The molecule has 5 heteroatoms. The van der Waals surface area contributed by atoms with Crippen LogP contribution in [0.25, 0.3) is 0 Å². The van der Waals surface area contributed by atoms with Crippen molar-refractivity contribution in [2.75, 3.05) is 6.26 Å². The fourth-order valence-electron chi connectivity index (χ4n) is 1.67. The van der Waals surface area contributed by atoms with Crippen LogP contribution in [0.4, 0.5) is 4.39 Å². The number of nitrogens with two attached hydrogens (primary N) is 1. The van der Waals surface area contributed by atoms with Crippen molar-refractivity contribution < 1.29 is 9.13 Å². The van der Waals surface area contributed by atoms with Gasteiger partial charge in [-0.25, -0.2) is 4.39 Å². The number of halogens is 1. The van der Waals surface area contributed by atoms with Gasteiger partial charge in [0.2, 0.25) is 0 Å². The minimum Gasteiger partial charge on any atom is -0.456 e. The van der Waals surface area contributed by atoms with Gasteiger partial charge in [0.25, 0.3) is 0 Å². The van der Waals surface area contributed by atoms with E-state index >= 15 is 0 Å². The Hall–Kier alpha value is -1.59. The maximum Gasteiger partial charge on any atom is 0.138 e. The van der Waals surface area contributed by atoms with Gasteiger partial charge >= 0.3 is 0 Å². The van der Waals surface area contributed by atoms with Crippen molar-refractivity contribution in [3.8, 4) is 11.5 Å². The smallest absolute Gasteiger partial charge is 0.138 e. The van der Waals surface area contributed by atoms with E-state index in [0.717, 1.165) is 4.90 Å². The van der Waals surface area contributed by atoms with E-state index in [2.05, 4.69) is 0 Å². The first kappa shape index (κ1) is 13.8. The normalized spacial score (nSPS) is 10.2. The Bertz CT molecular complexity index is 616. The molecule has 2 aromatic rings. The van der Waals surface area contributed by atoms with Crippen molar-refractivity contribution in [3.05, 3.63) is 53.8 Å². The van der Waals surface area contributed by atoms with Crippen LogP contribution in [-0.2, 0) is 0 Å². The molecule has 2 aromatic carbocycles. The number of thioether (sulfide) groups is 1. The maximum atomic E-state index is 13.1. The van der Waals surface area contributed by atoms with Crippen LogP contribution in [0.5, 0.6) is 11.5 Å². The molecular formula is C14H12FNOS2. The Labute approximate surface area is 120 Å². The van der Waals surface area contributed by atoms with Crippen LogP contribution in [0, 0.1) is 5.82 Å². The van der Waals surface area contributed by atoms with E-state index in [1.807, 2.05) is 18.4 Å².